The van der Waals surface area contributed by atoms with Crippen LogP contribution in [0.4, 0.5) is 4.39 Å². The van der Waals surface area contributed by atoms with Crippen LogP contribution in [0, 0.1) is 5.82 Å². The van der Waals surface area contributed by atoms with Crippen LogP contribution in [0.1, 0.15) is 30.5 Å². The molecule has 0 bridgehead atoms. The van der Waals surface area contributed by atoms with Gasteiger partial charge >= 0.3 is 0 Å². The molecule has 3 aromatic rings. The first-order valence-electron chi connectivity index (χ1n) is 11.4. The summed E-state index contributed by atoms with van der Waals surface area (Å²) in [4.78, 5) is 13.0. The molecule has 5 rings (SSSR count). The van der Waals surface area contributed by atoms with Crippen LogP contribution in [0.3, 0.4) is 0 Å². The van der Waals surface area contributed by atoms with Gasteiger partial charge in [-0.15, -0.1) is 0 Å². The Morgan fingerprint density at radius 2 is 2.03 bits per heavy atom. The van der Waals surface area contributed by atoms with Crippen LogP contribution >= 0.6 is 0 Å². The van der Waals surface area contributed by atoms with E-state index in [4.69, 9.17) is 14.2 Å². The summed E-state index contributed by atoms with van der Waals surface area (Å²) in [5.41, 5.74) is 2.80. The monoisotopic (exact) mass is 453 g/mol. The minimum absolute atomic E-state index is 0.314. The second kappa shape index (κ2) is 9.84. The van der Waals surface area contributed by atoms with Crippen LogP contribution in [0.5, 0.6) is 17.4 Å². The third kappa shape index (κ3) is 4.99. The highest BCUT2D eigenvalue weighted by molar-refractivity contribution is 5.78. The van der Waals surface area contributed by atoms with Gasteiger partial charge in [0.05, 0.1) is 36.2 Å². The van der Waals surface area contributed by atoms with E-state index in [9.17, 15) is 4.39 Å². The molecule has 0 spiro atoms. The third-order valence-corrected chi connectivity index (χ3v) is 6.27. The molecule has 174 valence electrons. The van der Waals surface area contributed by atoms with Crippen LogP contribution in [0.25, 0.3) is 11.0 Å². The molecule has 5 heterocycles. The molecule has 0 amide bonds. The molecule has 2 aliphatic heterocycles. The van der Waals surface area contributed by atoms with E-state index in [-0.39, 0.29) is 5.82 Å². The first-order chi connectivity index (χ1) is 16.2. The molecule has 0 unspecified atom stereocenters. The van der Waals surface area contributed by atoms with Crippen molar-refractivity contribution in [2.24, 2.45) is 0 Å². The quantitative estimate of drug-likeness (QED) is 0.565. The molecule has 0 radical (unpaired) electrons. The van der Waals surface area contributed by atoms with Gasteiger partial charge in [0.1, 0.15) is 19.0 Å². The summed E-state index contributed by atoms with van der Waals surface area (Å²) in [5, 5.41) is 7.18. The Morgan fingerprint density at radius 1 is 1.15 bits per heavy atom. The lowest BCUT2D eigenvalue weighted by molar-refractivity contribution is 0.170. The number of nitrogens with one attached hydrogen (secondary N) is 2. The number of aromatic nitrogens is 3. The zero-order chi connectivity index (χ0) is 22.6. The molecular formula is C24H28FN5O3. The number of rotatable bonds is 7. The Labute approximate surface area is 191 Å². The van der Waals surface area contributed by atoms with Crippen molar-refractivity contribution in [2.45, 2.75) is 44.3 Å². The lowest BCUT2D eigenvalue weighted by Crippen LogP contribution is -2.47. The number of methoxy groups -OCH3 is 1. The van der Waals surface area contributed by atoms with E-state index in [0.717, 1.165) is 37.3 Å². The maximum Gasteiger partial charge on any atom is 0.213 e. The molecule has 2 N–H and O–H groups in total. The van der Waals surface area contributed by atoms with Gasteiger partial charge in [0, 0.05) is 42.9 Å². The molecule has 0 saturated carbocycles. The average Bonchev–Trinajstić information content (AvgIpc) is 2.87. The maximum atomic E-state index is 14.5. The normalized spacial score (nSPS) is 20.1. The van der Waals surface area contributed by atoms with Crippen LogP contribution in [-0.4, -0.2) is 53.9 Å². The number of halogens is 1. The molecule has 8 nitrogen and oxygen atoms in total. The summed E-state index contributed by atoms with van der Waals surface area (Å²) in [6.07, 6.45) is 6.52. The zero-order valence-corrected chi connectivity index (χ0v) is 18.6. The van der Waals surface area contributed by atoms with Crippen molar-refractivity contribution in [3.63, 3.8) is 0 Å². The first kappa shape index (κ1) is 21.8. The van der Waals surface area contributed by atoms with E-state index < -0.39 is 0 Å². The molecule has 33 heavy (non-hydrogen) atoms. The molecule has 3 aromatic heterocycles. The Bertz CT molecular complexity index is 1120. The van der Waals surface area contributed by atoms with Gasteiger partial charge in [0.15, 0.2) is 11.5 Å². The predicted octanol–water partition coefficient (Wildman–Crippen LogP) is 2.79. The van der Waals surface area contributed by atoms with Gasteiger partial charge in [0.2, 0.25) is 5.88 Å². The Kier molecular flexibility index (Phi) is 6.50. The third-order valence-electron chi connectivity index (χ3n) is 6.27. The summed E-state index contributed by atoms with van der Waals surface area (Å²) in [6.45, 7) is 2.67. The van der Waals surface area contributed by atoms with E-state index in [1.165, 1.54) is 6.20 Å². The van der Waals surface area contributed by atoms with Crippen LogP contribution in [-0.2, 0) is 13.0 Å². The number of pyridine rings is 3. The molecule has 1 saturated heterocycles. The van der Waals surface area contributed by atoms with Crippen molar-refractivity contribution in [1.29, 1.82) is 0 Å². The molecule has 2 aliphatic rings. The number of hydrogen-bond donors (Lipinski definition) is 2. The number of piperidine rings is 1. The van der Waals surface area contributed by atoms with E-state index >= 15 is 0 Å². The van der Waals surface area contributed by atoms with Crippen LogP contribution in [0.15, 0.2) is 30.6 Å². The predicted molar refractivity (Wildman–Crippen MR) is 121 cm³/mol. The van der Waals surface area contributed by atoms with Gasteiger partial charge in [-0.3, -0.25) is 9.97 Å². The van der Waals surface area contributed by atoms with Crippen LogP contribution < -0.4 is 24.8 Å². The summed E-state index contributed by atoms with van der Waals surface area (Å²) >= 11 is 0. The van der Waals surface area contributed by atoms with E-state index in [0.29, 0.717) is 66.5 Å². The van der Waals surface area contributed by atoms with Gasteiger partial charge in [-0.2, -0.15) is 0 Å². The smallest absolute Gasteiger partial charge is 0.213 e. The van der Waals surface area contributed by atoms with E-state index in [1.54, 1.807) is 19.4 Å². The van der Waals surface area contributed by atoms with Crippen molar-refractivity contribution in [2.75, 3.05) is 26.9 Å². The van der Waals surface area contributed by atoms with Gasteiger partial charge in [-0.05, 0) is 31.7 Å². The summed E-state index contributed by atoms with van der Waals surface area (Å²) in [7, 11) is 1.56. The molecule has 0 aliphatic carbocycles. The molecule has 2 atom stereocenters. The number of ether oxygens (including phenoxy) is 3. The zero-order valence-electron chi connectivity index (χ0n) is 18.6. The fourth-order valence-electron chi connectivity index (χ4n) is 4.42. The van der Waals surface area contributed by atoms with Crippen LogP contribution in [0.2, 0.25) is 0 Å². The Morgan fingerprint density at radius 3 is 2.85 bits per heavy atom. The Hall–Kier alpha value is -3.04. The van der Waals surface area contributed by atoms with Crippen molar-refractivity contribution < 1.29 is 18.6 Å². The number of fused-ring (bicyclic) bond motifs is 2. The summed E-state index contributed by atoms with van der Waals surface area (Å²) < 4.78 is 30.9. The van der Waals surface area contributed by atoms with Crippen molar-refractivity contribution in [3.05, 3.63) is 47.7 Å². The van der Waals surface area contributed by atoms with E-state index in [2.05, 4.69) is 25.6 Å². The number of aryl methyl sites for hydroxylation is 1. The number of hydrogen-bond acceptors (Lipinski definition) is 8. The van der Waals surface area contributed by atoms with Crippen molar-refractivity contribution in [1.82, 2.24) is 25.6 Å². The minimum Gasteiger partial charge on any atom is -0.486 e. The first-order valence-corrected chi connectivity index (χ1v) is 11.4. The minimum atomic E-state index is -0.314. The van der Waals surface area contributed by atoms with Gasteiger partial charge < -0.3 is 24.8 Å². The largest absolute Gasteiger partial charge is 0.486 e. The lowest BCUT2D eigenvalue weighted by Gasteiger charge is -2.30. The molecular weight excluding hydrogens is 425 g/mol. The summed E-state index contributed by atoms with van der Waals surface area (Å²) in [5.74, 6) is 1.62. The fourth-order valence-corrected chi connectivity index (χ4v) is 4.42. The topological polar surface area (TPSA) is 90.4 Å². The maximum absolute atomic E-state index is 14.5. The fraction of sp³-hybridized carbons (Fsp3) is 0.458. The van der Waals surface area contributed by atoms with E-state index in [1.807, 2.05) is 12.1 Å². The van der Waals surface area contributed by atoms with Gasteiger partial charge in [-0.1, -0.05) is 0 Å². The van der Waals surface area contributed by atoms with Crippen molar-refractivity contribution in [3.8, 4) is 17.4 Å². The highest BCUT2D eigenvalue weighted by Gasteiger charge is 2.22. The van der Waals surface area contributed by atoms with Gasteiger partial charge in [0.25, 0.3) is 0 Å². The lowest BCUT2D eigenvalue weighted by atomic mass is 9.95. The second-order valence-electron chi connectivity index (χ2n) is 8.42. The molecule has 9 heteroatoms. The van der Waals surface area contributed by atoms with Gasteiger partial charge in [-0.25, -0.2) is 9.37 Å². The SMILES string of the molecule is COc1ccc2ncc(F)c(CC[C@H]3CC[C@H](NCc4cc5c(cn4)OCCO5)CN3)c2n1. The Balaban J connectivity index is 1.13. The molecule has 1 fully saturated rings. The molecule has 0 aromatic carbocycles. The summed E-state index contributed by atoms with van der Waals surface area (Å²) in [6, 6.07) is 6.20. The van der Waals surface area contributed by atoms with Crippen molar-refractivity contribution >= 4 is 11.0 Å². The standard InChI is InChI=1S/C24H28FN5O3/c1-31-23-7-6-20-24(30-23)18(19(25)13-29-20)5-4-15-2-3-16(11-26-15)27-12-17-10-21-22(14-28-17)33-9-8-32-21/h6-7,10,13-16,26-27H,2-5,8-9,11-12H2,1H3/t15-,16+/m1/s1. The highest BCUT2D eigenvalue weighted by Crippen LogP contribution is 2.29. The highest BCUT2D eigenvalue weighted by atomic mass is 19.1. The second-order valence-corrected chi connectivity index (χ2v) is 8.42. The average molecular weight is 454 g/mol. The number of nitrogens with zero attached hydrogens (tertiary/aromatic N) is 3.